The van der Waals surface area contributed by atoms with Crippen LogP contribution in [-0.2, 0) is 0 Å². The summed E-state index contributed by atoms with van der Waals surface area (Å²) >= 11 is 0. The van der Waals surface area contributed by atoms with Gasteiger partial charge in [-0.2, -0.15) is 0 Å². The highest BCUT2D eigenvalue weighted by Gasteiger charge is 2.29. The van der Waals surface area contributed by atoms with Gasteiger partial charge in [-0.3, -0.25) is 39.9 Å². The summed E-state index contributed by atoms with van der Waals surface area (Å²) in [7, 11) is 0. The van der Waals surface area contributed by atoms with Crippen LogP contribution in [-0.4, -0.2) is 27.4 Å². The lowest BCUT2D eigenvalue weighted by molar-refractivity contribution is -0.394. The maximum Gasteiger partial charge on any atom is 0.279 e. The molecule has 3 N–H and O–H groups in total. The summed E-state index contributed by atoms with van der Waals surface area (Å²) in [4.78, 5) is 56.4. The summed E-state index contributed by atoms with van der Waals surface area (Å²) in [6.07, 6.45) is 0. The van der Waals surface area contributed by atoms with E-state index >= 15 is 0 Å². The van der Waals surface area contributed by atoms with E-state index in [9.17, 15) is 34.6 Å². The Balaban J connectivity index is 2.59. The number of benzene rings is 1. The fourth-order valence-corrected chi connectivity index (χ4v) is 2.68. The van der Waals surface area contributed by atoms with Gasteiger partial charge in [0.25, 0.3) is 23.2 Å². The second-order valence-electron chi connectivity index (χ2n) is 5.76. The standard InChI is InChI=1S/C16H14N4O8/c1-6-10(4-9(19(24)25)5-11(6)20(26)27)15(23)18-16-13(14(17)22)12(7(2)21)8(3)28-16/h4-5H,1-3H3,(H2,17,22)(H,18,23). The van der Waals surface area contributed by atoms with Crippen LogP contribution in [0.5, 0.6) is 0 Å². The van der Waals surface area contributed by atoms with E-state index in [2.05, 4.69) is 5.32 Å². The number of hydrogen-bond donors (Lipinski definition) is 2. The van der Waals surface area contributed by atoms with E-state index in [0.717, 1.165) is 12.1 Å². The first-order chi connectivity index (χ1) is 13.0. The summed E-state index contributed by atoms with van der Waals surface area (Å²) in [5.74, 6) is -3.00. The number of hydrogen-bond acceptors (Lipinski definition) is 8. The molecular formula is C16H14N4O8. The van der Waals surface area contributed by atoms with Crippen LogP contribution < -0.4 is 11.1 Å². The van der Waals surface area contributed by atoms with Crippen LogP contribution in [0.2, 0.25) is 0 Å². The summed E-state index contributed by atoms with van der Waals surface area (Å²) in [5.41, 5.74) is 2.96. The van der Waals surface area contributed by atoms with Crippen molar-refractivity contribution in [1.82, 2.24) is 0 Å². The molecular weight excluding hydrogens is 376 g/mol. The maximum absolute atomic E-state index is 12.6. The Hall–Kier alpha value is -4.09. The second-order valence-corrected chi connectivity index (χ2v) is 5.76. The lowest BCUT2D eigenvalue weighted by atomic mass is 10.0. The number of nitrogens with zero attached hydrogens (tertiary/aromatic N) is 2. The number of aryl methyl sites for hydroxylation is 1. The zero-order valence-corrected chi connectivity index (χ0v) is 14.9. The van der Waals surface area contributed by atoms with E-state index in [1.807, 2.05) is 0 Å². The molecule has 0 aliphatic rings. The van der Waals surface area contributed by atoms with Crippen molar-refractivity contribution in [1.29, 1.82) is 0 Å². The van der Waals surface area contributed by atoms with Gasteiger partial charge < -0.3 is 10.2 Å². The van der Waals surface area contributed by atoms with E-state index < -0.39 is 44.7 Å². The smallest absolute Gasteiger partial charge is 0.279 e. The molecule has 0 saturated carbocycles. The third-order valence-corrected chi connectivity index (χ3v) is 3.93. The Labute approximate surface area is 156 Å². The zero-order chi connectivity index (χ0) is 21.3. The summed E-state index contributed by atoms with van der Waals surface area (Å²) < 4.78 is 5.23. The van der Waals surface area contributed by atoms with Gasteiger partial charge >= 0.3 is 0 Å². The van der Waals surface area contributed by atoms with E-state index in [4.69, 9.17) is 10.2 Å². The Morgan fingerprint density at radius 1 is 1.07 bits per heavy atom. The Bertz CT molecular complexity index is 1050. The van der Waals surface area contributed by atoms with Gasteiger partial charge in [0.05, 0.1) is 27.0 Å². The Morgan fingerprint density at radius 2 is 1.68 bits per heavy atom. The number of carbonyl (C=O) groups is 3. The van der Waals surface area contributed by atoms with Crippen molar-refractivity contribution in [2.75, 3.05) is 5.32 Å². The van der Waals surface area contributed by atoms with E-state index in [0.29, 0.717) is 0 Å². The molecule has 0 bridgehead atoms. The molecule has 0 atom stereocenters. The number of non-ortho nitro benzene ring substituents is 1. The van der Waals surface area contributed by atoms with Crippen LogP contribution in [0, 0.1) is 34.1 Å². The van der Waals surface area contributed by atoms with Crippen molar-refractivity contribution in [3.63, 3.8) is 0 Å². The number of nitro benzene ring substituents is 2. The highest BCUT2D eigenvalue weighted by molar-refractivity contribution is 6.14. The number of Topliss-reactive ketones (excluding diaryl/α,β-unsaturated/α-hetero) is 1. The first-order valence-corrected chi connectivity index (χ1v) is 7.64. The molecule has 2 aromatic rings. The highest BCUT2D eigenvalue weighted by Crippen LogP contribution is 2.31. The molecule has 12 heteroatoms. The SMILES string of the molecule is CC(=O)c1c(C)oc(NC(=O)c2cc([N+](=O)[O-])cc([N+](=O)[O-])c2C)c1C(N)=O. The number of anilines is 1. The van der Waals surface area contributed by atoms with Crippen LogP contribution in [0.4, 0.5) is 17.3 Å². The molecule has 0 spiro atoms. The number of amides is 2. The third-order valence-electron chi connectivity index (χ3n) is 3.93. The normalized spacial score (nSPS) is 10.4. The third kappa shape index (κ3) is 3.56. The molecule has 12 nitrogen and oxygen atoms in total. The van der Waals surface area contributed by atoms with Crippen molar-refractivity contribution in [2.24, 2.45) is 5.73 Å². The van der Waals surface area contributed by atoms with Gasteiger partial charge in [0, 0.05) is 11.6 Å². The topological polar surface area (TPSA) is 189 Å². The summed E-state index contributed by atoms with van der Waals surface area (Å²) in [5, 5.41) is 24.3. The molecule has 1 aromatic heterocycles. The van der Waals surface area contributed by atoms with Crippen molar-refractivity contribution in [3.05, 3.63) is 60.4 Å². The van der Waals surface area contributed by atoms with Gasteiger partial charge in [-0.05, 0) is 20.8 Å². The minimum atomic E-state index is -1.04. The molecule has 146 valence electrons. The fourth-order valence-electron chi connectivity index (χ4n) is 2.68. The Kier molecular flexibility index (Phi) is 5.25. The van der Waals surface area contributed by atoms with E-state index in [1.54, 1.807) is 0 Å². The maximum atomic E-state index is 12.6. The average Bonchev–Trinajstić information content (AvgIpc) is 2.90. The van der Waals surface area contributed by atoms with E-state index in [-0.39, 0.29) is 28.0 Å². The number of primary amides is 1. The lowest BCUT2D eigenvalue weighted by Crippen LogP contribution is -2.20. The van der Waals surface area contributed by atoms with Gasteiger partial charge in [0.15, 0.2) is 5.78 Å². The molecule has 2 rings (SSSR count). The molecule has 0 aliphatic carbocycles. The minimum absolute atomic E-state index is 0.0262. The van der Waals surface area contributed by atoms with Gasteiger partial charge in [-0.1, -0.05) is 0 Å². The van der Waals surface area contributed by atoms with Gasteiger partial charge in [-0.25, -0.2) is 0 Å². The Morgan fingerprint density at radius 3 is 2.14 bits per heavy atom. The van der Waals surface area contributed by atoms with Crippen LogP contribution >= 0.6 is 0 Å². The van der Waals surface area contributed by atoms with Crippen molar-refractivity contribution in [2.45, 2.75) is 20.8 Å². The van der Waals surface area contributed by atoms with Gasteiger partial charge in [0.1, 0.15) is 11.3 Å². The predicted molar refractivity (Wildman–Crippen MR) is 94.4 cm³/mol. The van der Waals surface area contributed by atoms with Crippen molar-refractivity contribution < 1.29 is 28.6 Å². The number of nitrogens with one attached hydrogen (secondary N) is 1. The van der Waals surface area contributed by atoms with Crippen molar-refractivity contribution >= 4 is 34.9 Å². The molecule has 28 heavy (non-hydrogen) atoms. The average molecular weight is 390 g/mol. The molecule has 0 radical (unpaired) electrons. The predicted octanol–water partition coefficient (Wildman–Crippen LogP) is 2.27. The monoisotopic (exact) mass is 390 g/mol. The lowest BCUT2D eigenvalue weighted by Gasteiger charge is -2.07. The number of rotatable bonds is 6. The van der Waals surface area contributed by atoms with Crippen LogP contribution in [0.1, 0.15) is 49.3 Å². The fraction of sp³-hybridized carbons (Fsp3) is 0.188. The summed E-state index contributed by atoms with van der Waals surface area (Å²) in [6.45, 7) is 3.78. The van der Waals surface area contributed by atoms with Crippen molar-refractivity contribution in [3.8, 4) is 0 Å². The molecule has 0 saturated heterocycles. The molecule has 1 heterocycles. The molecule has 1 aromatic carbocycles. The minimum Gasteiger partial charge on any atom is -0.444 e. The van der Waals surface area contributed by atoms with Crippen LogP contribution in [0.15, 0.2) is 16.5 Å². The summed E-state index contributed by atoms with van der Waals surface area (Å²) in [6, 6.07) is 1.58. The number of ketones is 1. The number of carbonyl (C=O) groups excluding carboxylic acids is 3. The second kappa shape index (κ2) is 7.26. The largest absolute Gasteiger partial charge is 0.444 e. The number of nitrogens with two attached hydrogens (primary N) is 1. The zero-order valence-electron chi connectivity index (χ0n) is 14.9. The molecule has 2 amide bonds. The van der Waals surface area contributed by atoms with Crippen LogP contribution in [0.3, 0.4) is 0 Å². The first kappa shape index (κ1) is 20.2. The molecule has 0 fully saturated rings. The molecule has 0 unspecified atom stereocenters. The first-order valence-electron chi connectivity index (χ1n) is 7.64. The highest BCUT2D eigenvalue weighted by atomic mass is 16.6. The van der Waals surface area contributed by atoms with Gasteiger partial charge in [-0.15, -0.1) is 0 Å². The number of furan rings is 1. The van der Waals surface area contributed by atoms with Gasteiger partial charge in [0.2, 0.25) is 5.88 Å². The quantitative estimate of drug-likeness (QED) is 0.426. The molecule has 0 aliphatic heterocycles. The number of nitro groups is 2. The van der Waals surface area contributed by atoms with E-state index in [1.165, 1.54) is 20.8 Å². The van der Waals surface area contributed by atoms with Crippen LogP contribution in [0.25, 0.3) is 0 Å².